The zero-order valence-electron chi connectivity index (χ0n) is 16.2. The molecule has 2 atom stereocenters. The molecular formula is C24H22BrN3O. The summed E-state index contributed by atoms with van der Waals surface area (Å²) in [5, 5.41) is 3.67. The van der Waals surface area contributed by atoms with E-state index >= 15 is 0 Å². The Labute approximate surface area is 178 Å². The minimum absolute atomic E-state index is 0.197. The first-order valence-corrected chi connectivity index (χ1v) is 10.7. The number of benzene rings is 3. The molecule has 0 saturated carbocycles. The Balaban J connectivity index is 1.60. The maximum absolute atomic E-state index is 5.64. The Morgan fingerprint density at radius 3 is 2.48 bits per heavy atom. The zero-order chi connectivity index (χ0) is 19.8. The van der Waals surface area contributed by atoms with E-state index in [0.717, 1.165) is 33.6 Å². The van der Waals surface area contributed by atoms with Crippen molar-refractivity contribution in [3.05, 3.63) is 88.4 Å². The standard InChI is InChI=1S/C24H22BrN3O/c1-2-29-19-13-9-17(10-14-19)23-15-21(16-7-11-18(25)12-8-16)27-24-26-20-5-3-4-6-22(20)28(23)24/h3-14,21,23H,2,15H2,1H3,(H,26,27)/t21-,23-/m0/s1. The van der Waals surface area contributed by atoms with Gasteiger partial charge in [-0.2, -0.15) is 0 Å². The first kappa shape index (κ1) is 18.3. The van der Waals surface area contributed by atoms with Crippen LogP contribution in [0.2, 0.25) is 0 Å². The summed E-state index contributed by atoms with van der Waals surface area (Å²) in [6.45, 7) is 2.68. The second-order valence-electron chi connectivity index (χ2n) is 7.30. The third kappa shape index (κ3) is 3.40. The SMILES string of the molecule is CCOc1ccc([C@@H]2C[C@@H](c3ccc(Br)cc3)Nc3nc4ccccc4n32)cc1. The highest BCUT2D eigenvalue weighted by Gasteiger charge is 2.30. The number of para-hydroxylation sites is 2. The molecule has 0 radical (unpaired) electrons. The highest BCUT2D eigenvalue weighted by atomic mass is 79.9. The van der Waals surface area contributed by atoms with Gasteiger partial charge in [0.2, 0.25) is 5.95 Å². The van der Waals surface area contributed by atoms with Gasteiger partial charge in [-0.3, -0.25) is 0 Å². The van der Waals surface area contributed by atoms with Crippen molar-refractivity contribution in [3.63, 3.8) is 0 Å². The number of rotatable bonds is 4. The van der Waals surface area contributed by atoms with Gasteiger partial charge in [0.15, 0.2) is 0 Å². The molecule has 1 aliphatic rings. The summed E-state index contributed by atoms with van der Waals surface area (Å²) in [5.74, 6) is 1.83. The minimum atomic E-state index is 0.197. The first-order valence-electron chi connectivity index (χ1n) is 9.94. The number of fused-ring (bicyclic) bond motifs is 3. The summed E-state index contributed by atoms with van der Waals surface area (Å²) in [4.78, 5) is 4.89. The fourth-order valence-corrected chi connectivity index (χ4v) is 4.42. The summed E-state index contributed by atoms with van der Waals surface area (Å²) < 4.78 is 9.06. The van der Waals surface area contributed by atoms with E-state index in [-0.39, 0.29) is 12.1 Å². The predicted octanol–water partition coefficient (Wildman–Crippen LogP) is 6.34. The van der Waals surface area contributed by atoms with Gasteiger partial charge >= 0.3 is 0 Å². The molecule has 1 aromatic heterocycles. The van der Waals surface area contributed by atoms with Gasteiger partial charge in [0.25, 0.3) is 0 Å². The fourth-order valence-electron chi connectivity index (χ4n) is 4.16. The van der Waals surface area contributed by atoms with Crippen molar-refractivity contribution >= 4 is 32.9 Å². The monoisotopic (exact) mass is 447 g/mol. The van der Waals surface area contributed by atoms with Gasteiger partial charge < -0.3 is 14.6 Å². The molecule has 29 heavy (non-hydrogen) atoms. The summed E-state index contributed by atoms with van der Waals surface area (Å²) in [7, 11) is 0. The van der Waals surface area contributed by atoms with E-state index in [0.29, 0.717) is 6.61 Å². The molecular weight excluding hydrogens is 426 g/mol. The number of anilines is 1. The number of hydrogen-bond acceptors (Lipinski definition) is 3. The Morgan fingerprint density at radius 2 is 1.72 bits per heavy atom. The van der Waals surface area contributed by atoms with Gasteiger partial charge in [-0.05, 0) is 60.9 Å². The van der Waals surface area contributed by atoms with Crippen LogP contribution in [-0.2, 0) is 0 Å². The molecule has 0 saturated heterocycles. The van der Waals surface area contributed by atoms with Crippen LogP contribution in [-0.4, -0.2) is 16.2 Å². The Kier molecular flexibility index (Phi) is 4.76. The van der Waals surface area contributed by atoms with Crippen LogP contribution in [0.25, 0.3) is 11.0 Å². The predicted molar refractivity (Wildman–Crippen MR) is 121 cm³/mol. The highest BCUT2D eigenvalue weighted by molar-refractivity contribution is 9.10. The lowest BCUT2D eigenvalue weighted by Gasteiger charge is -2.33. The second kappa shape index (κ2) is 7.56. The Hall–Kier alpha value is -2.79. The molecule has 2 heterocycles. The molecule has 5 rings (SSSR count). The lowest BCUT2D eigenvalue weighted by Crippen LogP contribution is -2.27. The second-order valence-corrected chi connectivity index (χ2v) is 8.21. The highest BCUT2D eigenvalue weighted by Crippen LogP contribution is 2.41. The molecule has 0 spiro atoms. The largest absolute Gasteiger partial charge is 0.494 e. The average molecular weight is 448 g/mol. The van der Waals surface area contributed by atoms with Gasteiger partial charge in [-0.25, -0.2) is 4.98 Å². The normalized spacial score (nSPS) is 18.3. The third-order valence-corrected chi connectivity index (χ3v) is 6.05. The molecule has 4 aromatic rings. The van der Waals surface area contributed by atoms with Crippen molar-refractivity contribution in [2.45, 2.75) is 25.4 Å². The first-order chi connectivity index (χ1) is 14.2. The number of nitrogens with zero attached hydrogens (tertiary/aromatic N) is 2. The summed E-state index contributed by atoms with van der Waals surface area (Å²) in [5.41, 5.74) is 4.70. The number of imidazole rings is 1. The average Bonchev–Trinajstić information content (AvgIpc) is 3.13. The number of ether oxygens (including phenoxy) is 1. The van der Waals surface area contributed by atoms with Gasteiger partial charge in [0.1, 0.15) is 5.75 Å². The van der Waals surface area contributed by atoms with E-state index in [1.807, 2.05) is 13.0 Å². The molecule has 0 fully saturated rings. The van der Waals surface area contributed by atoms with E-state index < -0.39 is 0 Å². The van der Waals surface area contributed by atoms with Crippen molar-refractivity contribution < 1.29 is 4.74 Å². The zero-order valence-corrected chi connectivity index (χ0v) is 17.8. The molecule has 4 nitrogen and oxygen atoms in total. The molecule has 0 bridgehead atoms. The van der Waals surface area contributed by atoms with Crippen LogP contribution in [0.3, 0.4) is 0 Å². The summed E-state index contributed by atoms with van der Waals surface area (Å²) >= 11 is 3.54. The lowest BCUT2D eigenvalue weighted by molar-refractivity contribution is 0.340. The topological polar surface area (TPSA) is 39.1 Å². The van der Waals surface area contributed by atoms with Crippen molar-refractivity contribution in [2.75, 3.05) is 11.9 Å². The van der Waals surface area contributed by atoms with Gasteiger partial charge in [-0.15, -0.1) is 0 Å². The molecule has 1 N–H and O–H groups in total. The van der Waals surface area contributed by atoms with E-state index in [1.54, 1.807) is 0 Å². The van der Waals surface area contributed by atoms with Gasteiger partial charge in [0.05, 0.1) is 29.7 Å². The van der Waals surface area contributed by atoms with Crippen LogP contribution >= 0.6 is 15.9 Å². The van der Waals surface area contributed by atoms with E-state index in [4.69, 9.17) is 9.72 Å². The Morgan fingerprint density at radius 1 is 1.00 bits per heavy atom. The fraction of sp³-hybridized carbons (Fsp3) is 0.208. The van der Waals surface area contributed by atoms with Crippen LogP contribution in [0.1, 0.15) is 36.6 Å². The molecule has 0 amide bonds. The molecule has 1 aliphatic heterocycles. The molecule has 5 heteroatoms. The number of nitrogens with one attached hydrogen (secondary N) is 1. The summed E-state index contributed by atoms with van der Waals surface area (Å²) in [6.07, 6.45) is 0.947. The lowest BCUT2D eigenvalue weighted by atomic mass is 9.93. The molecule has 146 valence electrons. The summed E-state index contributed by atoms with van der Waals surface area (Å²) in [6, 6.07) is 25.8. The van der Waals surface area contributed by atoms with Crippen molar-refractivity contribution in [2.24, 2.45) is 0 Å². The van der Waals surface area contributed by atoms with Crippen molar-refractivity contribution in [3.8, 4) is 5.75 Å². The third-order valence-electron chi connectivity index (χ3n) is 5.52. The van der Waals surface area contributed by atoms with Crippen LogP contribution in [0.4, 0.5) is 5.95 Å². The molecule has 0 aliphatic carbocycles. The quantitative estimate of drug-likeness (QED) is 0.396. The van der Waals surface area contributed by atoms with E-state index in [1.165, 1.54) is 11.1 Å². The molecule has 3 aromatic carbocycles. The number of hydrogen-bond donors (Lipinski definition) is 1. The maximum atomic E-state index is 5.64. The van der Waals surface area contributed by atoms with Crippen LogP contribution in [0, 0.1) is 0 Å². The van der Waals surface area contributed by atoms with Crippen LogP contribution in [0.5, 0.6) is 5.75 Å². The van der Waals surface area contributed by atoms with Crippen molar-refractivity contribution in [1.29, 1.82) is 0 Å². The van der Waals surface area contributed by atoms with Crippen molar-refractivity contribution in [1.82, 2.24) is 9.55 Å². The van der Waals surface area contributed by atoms with E-state index in [2.05, 4.69) is 92.5 Å². The number of halogens is 1. The van der Waals surface area contributed by atoms with Gasteiger partial charge in [0, 0.05) is 4.47 Å². The van der Waals surface area contributed by atoms with Crippen LogP contribution in [0.15, 0.2) is 77.3 Å². The number of aromatic nitrogens is 2. The maximum Gasteiger partial charge on any atom is 0.204 e. The van der Waals surface area contributed by atoms with E-state index in [9.17, 15) is 0 Å². The van der Waals surface area contributed by atoms with Gasteiger partial charge in [-0.1, -0.05) is 52.3 Å². The Bertz CT molecular complexity index is 1140. The van der Waals surface area contributed by atoms with Crippen LogP contribution < -0.4 is 10.1 Å². The minimum Gasteiger partial charge on any atom is -0.494 e. The molecule has 0 unspecified atom stereocenters. The smallest absolute Gasteiger partial charge is 0.204 e.